The Kier molecular flexibility index (Phi) is 28.5. The fourth-order valence-electron chi connectivity index (χ4n) is 17.7. The maximum absolute atomic E-state index is 13.3. The number of benzene rings is 1. The molecule has 8 aliphatic rings. The van der Waals surface area contributed by atoms with Gasteiger partial charge in [-0.05, 0) is 133 Å². The van der Waals surface area contributed by atoms with E-state index in [0.717, 1.165) is 101 Å². The van der Waals surface area contributed by atoms with Crippen molar-refractivity contribution in [1.29, 1.82) is 0 Å². The predicted octanol–water partition coefficient (Wildman–Crippen LogP) is 11.0. The number of H-pyrrole nitrogens is 1. The molecule has 7 aromatic heterocycles. The van der Waals surface area contributed by atoms with E-state index in [0.29, 0.717) is 129 Å². The van der Waals surface area contributed by atoms with Gasteiger partial charge in [0.05, 0.1) is 67.2 Å². The molecule has 684 valence electrons. The highest BCUT2D eigenvalue weighted by Crippen LogP contribution is 2.50. The van der Waals surface area contributed by atoms with Crippen LogP contribution in [0.25, 0.3) is 0 Å². The van der Waals surface area contributed by atoms with Crippen LogP contribution in [0.3, 0.4) is 0 Å². The first-order valence-corrected chi connectivity index (χ1v) is 44.5. The topological polar surface area (TPSA) is 421 Å². The molecule has 4 spiro atoms. The third-order valence-corrected chi connectivity index (χ3v) is 30.7. The van der Waals surface area contributed by atoms with Gasteiger partial charge in [0.25, 0.3) is 22.2 Å². The number of aromatic amines is 1. The number of alkyl halides is 9. The van der Waals surface area contributed by atoms with Crippen molar-refractivity contribution in [2.75, 3.05) is 121 Å². The van der Waals surface area contributed by atoms with Crippen molar-refractivity contribution in [3.8, 4) is 0 Å². The Labute approximate surface area is 740 Å². The van der Waals surface area contributed by atoms with E-state index >= 15 is 0 Å². The zero-order valence-corrected chi connectivity index (χ0v) is 74.1. The van der Waals surface area contributed by atoms with Crippen LogP contribution in [0.4, 0.5) is 90.4 Å². The Balaban J connectivity index is 0.000000144. The summed E-state index contributed by atoms with van der Waals surface area (Å²) in [4.78, 5) is 82.1. The van der Waals surface area contributed by atoms with Crippen molar-refractivity contribution < 1.29 is 62.9 Å². The molecule has 15 heterocycles. The smallest absolute Gasteiger partial charge is 0.398 e. The number of nitrogens with zero attached hydrogens (tertiary/aromatic N) is 12. The van der Waals surface area contributed by atoms with Gasteiger partial charge in [-0.1, -0.05) is 65.6 Å². The van der Waals surface area contributed by atoms with Crippen LogP contribution in [-0.4, -0.2) is 171 Å². The summed E-state index contributed by atoms with van der Waals surface area (Å²) in [5.74, 6) is 1.68. The molecule has 29 nitrogen and oxygen atoms in total. The molecule has 8 atom stereocenters. The molecule has 0 bridgehead atoms. The number of piperidine rings is 4. The molecule has 17 N–H and O–H groups in total. The number of aromatic nitrogens is 9. The van der Waals surface area contributed by atoms with Crippen LogP contribution in [0, 0.1) is 27.5 Å². The first-order valence-electron chi connectivity index (χ1n) is 40.9. The van der Waals surface area contributed by atoms with E-state index in [1.165, 1.54) is 68.3 Å². The zero-order valence-electron chi connectivity index (χ0n) is 70.1. The third kappa shape index (κ3) is 19.6. The van der Waals surface area contributed by atoms with Gasteiger partial charge in [0.2, 0.25) is 11.9 Å². The standard InChI is InChI=1S/C21H27F3N6O2S.C21H26F3N5O2S.C20H25ClFN5O2S.C20H24F3N5O2S/c1-3-12-15(25)20(11-32-12)6-9-30(10-7-20)19-28-17(26)14(18(31)29(19)2)33-13-5-4-8-27-16(13)21(22,23)24;1-12-17(26)20(11-31-12)5-8-29(9-6-20)15-10-13(25)16(19(30)28(15)2)32-14-4-3-7-27-18(14)21(22,23)24;1-11-16(23)20(10-29-11)5-7-27(8-6-20)19-25-17(24)15(18(28)26(19)2)30-14-4-3-12(22)9-13(14)21;1-11-16(25)19(10-30-11)4-7-28(8-5-19)14-9-12(24)15(18(29)27-14)31-13-3-2-6-26-17(13)20(21,22)23/h4-5,8,12,15H,3,6-7,9-11,25-26H2,1-2H3;3-4,7,10,12,17H,5-6,8-9,11,25-26H2,1-2H3;3-4,9,11,16H,5-8,10,23-24H2,1-2H3;2-3,6,9,11,16H,4-5,7-8,10,25H2,1H3,(H3,24,27,29)/t12-,15+;12-,17+;2*11-,16+/m0000/s1. The SMILES string of the molecule is CC[C@@H]1OCC2(CCN(c3nc(N)c(Sc4cccnc4C(F)(F)F)c(=O)n3C)CC2)[C@@H]1N.C[C@@H]1OCC2(CCN(c3cc(N)c(Sc4cccnc4C(F)(F)F)c(=O)[nH]3)CC2)[C@@H]1N.C[C@@H]1OCC2(CCN(c3cc(N)c(Sc4cccnc4C(F)(F)F)c(=O)n3C)CC2)[C@@H]1N.C[C@@H]1OCC2(CCN(c3nc(N)c(Sc4ccc(F)cc4Cl)c(=O)n3C)CC2)[C@@H]1N. The van der Waals surface area contributed by atoms with E-state index < -0.39 is 58.1 Å². The average molecular weight is 1860 g/mol. The summed E-state index contributed by atoms with van der Waals surface area (Å²) in [6.07, 6.45) is -3.07. The lowest BCUT2D eigenvalue weighted by molar-refractivity contribution is -0.144. The number of hydrogen-bond donors (Lipinski definition) is 9. The number of rotatable bonds is 13. The van der Waals surface area contributed by atoms with Crippen LogP contribution in [0.15, 0.2) is 144 Å². The number of halogens is 11. The molecule has 44 heteroatoms. The third-order valence-electron chi connectivity index (χ3n) is 25.7. The average Bonchev–Trinajstić information content (AvgIpc) is 1.46. The summed E-state index contributed by atoms with van der Waals surface area (Å²) in [6, 6.07) is 15.2. The van der Waals surface area contributed by atoms with Crippen molar-refractivity contribution in [2.45, 2.75) is 192 Å². The molecule has 1 aromatic carbocycles. The van der Waals surface area contributed by atoms with Gasteiger partial charge in [-0.25, -0.2) is 4.39 Å². The van der Waals surface area contributed by atoms with Crippen LogP contribution in [0.1, 0.15) is 103 Å². The zero-order chi connectivity index (χ0) is 91.2. The number of nitrogens with two attached hydrogens (primary N) is 8. The van der Waals surface area contributed by atoms with Gasteiger partial charge in [-0.2, -0.15) is 49.5 Å². The van der Waals surface area contributed by atoms with Crippen LogP contribution in [0.5, 0.6) is 0 Å². The van der Waals surface area contributed by atoms with Crippen LogP contribution in [-0.2, 0) is 58.6 Å². The largest absolute Gasteiger partial charge is 0.434 e. The van der Waals surface area contributed by atoms with Crippen molar-refractivity contribution in [3.63, 3.8) is 0 Å². The molecule has 8 fully saturated rings. The fraction of sp³-hybridized carbons (Fsp3) is 0.524. The van der Waals surface area contributed by atoms with Crippen LogP contribution < -0.4 is 87.7 Å². The molecule has 0 aliphatic carbocycles. The summed E-state index contributed by atoms with van der Waals surface area (Å²) in [6.45, 7) is 16.0. The first-order chi connectivity index (χ1) is 59.4. The van der Waals surface area contributed by atoms with Gasteiger partial charge in [0, 0.05) is 170 Å². The molecule has 126 heavy (non-hydrogen) atoms. The van der Waals surface area contributed by atoms with Crippen molar-refractivity contribution in [2.24, 2.45) is 65.7 Å². The van der Waals surface area contributed by atoms with Gasteiger partial charge in [0.1, 0.15) is 48.7 Å². The Bertz CT molecular complexity index is 5530. The number of hydrogen-bond acceptors (Lipinski definition) is 29. The molecule has 8 aliphatic heterocycles. The second-order valence-corrected chi connectivity index (χ2v) is 37.8. The minimum atomic E-state index is -4.65. The Morgan fingerprint density at radius 2 is 0.810 bits per heavy atom. The van der Waals surface area contributed by atoms with Crippen molar-refractivity contribution in [1.82, 2.24) is 43.6 Å². The molecule has 0 radical (unpaired) electrons. The molecular formula is C82H102ClF10N21O8S4. The van der Waals surface area contributed by atoms with Gasteiger partial charge < -0.3 is 89.4 Å². The summed E-state index contributed by atoms with van der Waals surface area (Å²) < 4.78 is 160. The molecular weight excluding hydrogens is 1760 g/mol. The number of nitrogen functional groups attached to an aromatic ring is 4. The molecule has 0 saturated carbocycles. The number of anilines is 8. The van der Waals surface area contributed by atoms with E-state index in [9.17, 15) is 63.1 Å². The summed E-state index contributed by atoms with van der Waals surface area (Å²) >= 11 is 9.17. The Morgan fingerprint density at radius 1 is 0.460 bits per heavy atom. The molecule has 16 rings (SSSR count). The Hall–Kier alpha value is -8.60. The molecule has 0 unspecified atom stereocenters. The lowest BCUT2D eigenvalue weighted by Gasteiger charge is -2.42. The number of nitrogens with one attached hydrogen (secondary N) is 1. The highest BCUT2D eigenvalue weighted by atomic mass is 35.5. The summed E-state index contributed by atoms with van der Waals surface area (Å²) in [7, 11) is 4.83. The van der Waals surface area contributed by atoms with Gasteiger partial charge in [-0.15, -0.1) is 0 Å². The second-order valence-electron chi connectivity index (χ2n) is 33.2. The molecule has 8 aromatic rings. The minimum absolute atomic E-state index is 0.00997. The lowest BCUT2D eigenvalue weighted by Crippen LogP contribution is -2.51. The van der Waals surface area contributed by atoms with Gasteiger partial charge in [0.15, 0.2) is 17.1 Å². The first kappa shape index (κ1) is 95.0. The van der Waals surface area contributed by atoms with Crippen molar-refractivity contribution >= 4 is 105 Å². The van der Waals surface area contributed by atoms with Crippen molar-refractivity contribution in [3.05, 3.63) is 155 Å². The molecule has 0 amide bonds. The summed E-state index contributed by atoms with van der Waals surface area (Å²) in [5.41, 5.74) is 45.2. The fourth-order valence-corrected chi connectivity index (χ4v) is 21.9. The van der Waals surface area contributed by atoms with Crippen LogP contribution >= 0.6 is 58.6 Å². The Morgan fingerprint density at radius 3 is 1.17 bits per heavy atom. The van der Waals surface area contributed by atoms with Gasteiger partial charge >= 0.3 is 18.5 Å². The van der Waals surface area contributed by atoms with Crippen LogP contribution in [0.2, 0.25) is 5.02 Å². The van der Waals surface area contributed by atoms with E-state index in [2.05, 4.69) is 46.6 Å². The minimum Gasteiger partial charge on any atom is -0.398 e. The monoisotopic (exact) mass is 1860 g/mol. The number of ether oxygens (including phenoxy) is 4. The molecule has 8 saturated heterocycles. The maximum Gasteiger partial charge on any atom is 0.434 e. The second kappa shape index (κ2) is 37.8. The summed E-state index contributed by atoms with van der Waals surface area (Å²) in [5, 5.41) is 0.219. The maximum atomic E-state index is 13.3. The van der Waals surface area contributed by atoms with E-state index in [1.807, 2.05) is 30.6 Å². The van der Waals surface area contributed by atoms with E-state index in [4.69, 9.17) is 76.4 Å². The van der Waals surface area contributed by atoms with Gasteiger partial charge in [-0.3, -0.25) is 47.8 Å². The highest BCUT2D eigenvalue weighted by Gasteiger charge is 2.53. The van der Waals surface area contributed by atoms with E-state index in [-0.39, 0.29) is 138 Å². The van der Waals surface area contributed by atoms with E-state index in [1.54, 1.807) is 33.3 Å². The number of pyridine rings is 5. The normalized spacial score (nSPS) is 23.2. The lowest BCUT2D eigenvalue weighted by atomic mass is 9.73. The quantitative estimate of drug-likeness (QED) is 0.0484. The predicted molar refractivity (Wildman–Crippen MR) is 465 cm³/mol. The highest BCUT2D eigenvalue weighted by molar-refractivity contribution is 8.00.